The summed E-state index contributed by atoms with van der Waals surface area (Å²) in [6.45, 7) is 0. The standard InChI is InChI=1S/C14H14BF3N4O3/c1-22-11(10(14(16,17)18)12(21-22)15(24)25)13(23)20-8-4-5-19-9(6-8)7-2-3-7/h4-7,24-25H,2-3H2,1H3,(H,19,20,23). The summed E-state index contributed by atoms with van der Waals surface area (Å²) in [5, 5.41) is 24.0. The van der Waals surface area contributed by atoms with Crippen LogP contribution in [0, 0.1) is 0 Å². The lowest BCUT2D eigenvalue weighted by Crippen LogP contribution is -2.37. The highest BCUT2D eigenvalue weighted by atomic mass is 19.4. The molecule has 0 aromatic carbocycles. The molecule has 25 heavy (non-hydrogen) atoms. The van der Waals surface area contributed by atoms with Crippen molar-refractivity contribution in [1.82, 2.24) is 14.8 Å². The minimum atomic E-state index is -4.97. The number of rotatable bonds is 4. The second-order valence-electron chi connectivity index (χ2n) is 5.80. The van der Waals surface area contributed by atoms with Gasteiger partial charge in [0.2, 0.25) is 0 Å². The smallest absolute Gasteiger partial charge is 0.422 e. The third kappa shape index (κ3) is 3.51. The highest BCUT2D eigenvalue weighted by molar-refractivity contribution is 6.58. The molecule has 0 spiro atoms. The zero-order chi connectivity index (χ0) is 18.4. The van der Waals surface area contributed by atoms with Gasteiger partial charge in [0.15, 0.2) is 0 Å². The van der Waals surface area contributed by atoms with Crippen LogP contribution in [-0.4, -0.2) is 37.8 Å². The van der Waals surface area contributed by atoms with Crippen molar-refractivity contribution in [3.63, 3.8) is 0 Å². The number of anilines is 1. The summed E-state index contributed by atoms with van der Waals surface area (Å²) in [7, 11) is -1.33. The van der Waals surface area contributed by atoms with E-state index in [0.29, 0.717) is 16.3 Å². The molecule has 0 atom stereocenters. The molecule has 2 aromatic rings. The fourth-order valence-electron chi connectivity index (χ4n) is 2.58. The Kier molecular flexibility index (Phi) is 4.29. The predicted molar refractivity (Wildman–Crippen MR) is 82.2 cm³/mol. The van der Waals surface area contributed by atoms with Crippen LogP contribution < -0.4 is 10.9 Å². The van der Waals surface area contributed by atoms with Crippen molar-refractivity contribution >= 4 is 24.3 Å². The van der Waals surface area contributed by atoms with E-state index in [0.717, 1.165) is 25.6 Å². The van der Waals surface area contributed by atoms with Gasteiger partial charge in [0.05, 0.1) is 0 Å². The predicted octanol–water partition coefficient (Wildman–Crippen LogP) is 0.643. The molecule has 1 aliphatic rings. The Morgan fingerprint density at radius 3 is 2.64 bits per heavy atom. The van der Waals surface area contributed by atoms with Crippen LogP contribution in [0.25, 0.3) is 0 Å². The SMILES string of the molecule is Cn1nc(B(O)O)c(C(F)(F)F)c1C(=O)Nc1ccnc(C2CC2)c1. The number of nitrogens with zero attached hydrogens (tertiary/aromatic N) is 3. The molecular weight excluding hydrogens is 340 g/mol. The first-order valence-corrected chi connectivity index (χ1v) is 7.46. The summed E-state index contributed by atoms with van der Waals surface area (Å²) in [5.74, 6) is -0.738. The van der Waals surface area contributed by atoms with Crippen LogP contribution in [0.3, 0.4) is 0 Å². The van der Waals surface area contributed by atoms with Crippen LogP contribution in [0.15, 0.2) is 18.3 Å². The maximum Gasteiger partial charge on any atom is 0.510 e. The molecular formula is C14H14BF3N4O3. The topological polar surface area (TPSA) is 100 Å². The molecule has 2 aromatic heterocycles. The highest BCUT2D eigenvalue weighted by Gasteiger charge is 2.44. The average Bonchev–Trinajstić information content (AvgIpc) is 3.28. The number of aryl methyl sites for hydroxylation is 1. The Labute approximate surface area is 140 Å². The molecule has 0 radical (unpaired) electrons. The van der Waals surface area contributed by atoms with E-state index in [2.05, 4.69) is 15.4 Å². The monoisotopic (exact) mass is 354 g/mol. The summed E-state index contributed by atoms with van der Waals surface area (Å²) < 4.78 is 40.6. The zero-order valence-corrected chi connectivity index (χ0v) is 13.1. The minimum absolute atomic E-state index is 0.308. The molecule has 3 rings (SSSR count). The zero-order valence-electron chi connectivity index (χ0n) is 13.1. The molecule has 1 amide bonds. The quantitative estimate of drug-likeness (QED) is 0.700. The van der Waals surface area contributed by atoms with Gasteiger partial charge in [-0.05, 0) is 25.0 Å². The first-order chi connectivity index (χ1) is 11.7. The third-order valence-corrected chi connectivity index (χ3v) is 3.85. The fraction of sp³-hybridized carbons (Fsp3) is 0.357. The summed E-state index contributed by atoms with van der Waals surface area (Å²) in [6, 6.07) is 3.08. The second-order valence-corrected chi connectivity index (χ2v) is 5.80. The molecule has 0 saturated heterocycles. The van der Waals surface area contributed by atoms with Gasteiger partial charge in [-0.1, -0.05) is 0 Å². The Hall–Kier alpha value is -2.40. The van der Waals surface area contributed by atoms with E-state index < -0.39 is 36.1 Å². The van der Waals surface area contributed by atoms with Crippen LogP contribution in [0.2, 0.25) is 0 Å². The largest absolute Gasteiger partial charge is 0.510 e. The van der Waals surface area contributed by atoms with Crippen molar-refractivity contribution in [2.75, 3.05) is 5.32 Å². The number of aromatic nitrogens is 3. The number of nitrogens with one attached hydrogen (secondary N) is 1. The van der Waals surface area contributed by atoms with Crippen molar-refractivity contribution < 1.29 is 28.0 Å². The summed E-state index contributed by atoms with van der Waals surface area (Å²) in [6.07, 6.45) is -1.53. The highest BCUT2D eigenvalue weighted by Crippen LogP contribution is 2.39. The molecule has 1 saturated carbocycles. The van der Waals surface area contributed by atoms with Crippen molar-refractivity contribution in [2.45, 2.75) is 24.9 Å². The van der Waals surface area contributed by atoms with Gasteiger partial charge in [-0.3, -0.25) is 14.5 Å². The summed E-state index contributed by atoms with van der Waals surface area (Å²) in [5.41, 5.74) is -2.22. The number of hydrogen-bond donors (Lipinski definition) is 3. The maximum atomic E-state index is 13.3. The van der Waals surface area contributed by atoms with Crippen LogP contribution in [0.5, 0.6) is 0 Å². The van der Waals surface area contributed by atoms with Crippen molar-refractivity contribution in [3.8, 4) is 0 Å². The molecule has 2 heterocycles. The first-order valence-electron chi connectivity index (χ1n) is 7.46. The maximum absolute atomic E-state index is 13.3. The van der Waals surface area contributed by atoms with Gasteiger partial charge in [-0.2, -0.15) is 18.3 Å². The van der Waals surface area contributed by atoms with Gasteiger partial charge in [0, 0.05) is 30.5 Å². The Morgan fingerprint density at radius 2 is 2.08 bits per heavy atom. The Morgan fingerprint density at radius 1 is 1.40 bits per heavy atom. The molecule has 3 N–H and O–H groups in total. The number of halogens is 3. The second kappa shape index (κ2) is 6.15. The first kappa shape index (κ1) is 17.4. The normalized spacial score (nSPS) is 14.5. The van der Waals surface area contributed by atoms with E-state index >= 15 is 0 Å². The van der Waals surface area contributed by atoms with Crippen LogP contribution >= 0.6 is 0 Å². The minimum Gasteiger partial charge on any atom is -0.422 e. The fourth-order valence-corrected chi connectivity index (χ4v) is 2.58. The number of carbonyl (C=O) groups is 1. The lowest BCUT2D eigenvalue weighted by molar-refractivity contribution is -0.137. The molecule has 1 aliphatic carbocycles. The lowest BCUT2D eigenvalue weighted by Gasteiger charge is -2.11. The van der Waals surface area contributed by atoms with Crippen LogP contribution in [0.1, 0.15) is 40.5 Å². The molecule has 7 nitrogen and oxygen atoms in total. The van der Waals surface area contributed by atoms with Crippen molar-refractivity contribution in [2.24, 2.45) is 7.05 Å². The van der Waals surface area contributed by atoms with Gasteiger partial charge in [-0.25, -0.2) is 0 Å². The van der Waals surface area contributed by atoms with E-state index in [1.807, 2.05) is 0 Å². The molecule has 0 aliphatic heterocycles. The summed E-state index contributed by atoms with van der Waals surface area (Å²) in [4.78, 5) is 16.5. The van der Waals surface area contributed by atoms with E-state index in [4.69, 9.17) is 10.0 Å². The Balaban J connectivity index is 1.95. The summed E-state index contributed by atoms with van der Waals surface area (Å²) >= 11 is 0. The van der Waals surface area contributed by atoms with Gasteiger partial charge in [-0.15, -0.1) is 0 Å². The molecule has 0 unspecified atom stereocenters. The van der Waals surface area contributed by atoms with Gasteiger partial charge in [0.1, 0.15) is 16.9 Å². The van der Waals surface area contributed by atoms with Crippen molar-refractivity contribution in [3.05, 3.63) is 35.3 Å². The number of amides is 1. The van der Waals surface area contributed by atoms with Gasteiger partial charge < -0.3 is 15.4 Å². The number of hydrogen-bond acceptors (Lipinski definition) is 5. The molecule has 0 bridgehead atoms. The number of pyridine rings is 1. The molecule has 132 valence electrons. The molecule has 1 fully saturated rings. The van der Waals surface area contributed by atoms with E-state index in [-0.39, 0.29) is 0 Å². The van der Waals surface area contributed by atoms with Crippen molar-refractivity contribution in [1.29, 1.82) is 0 Å². The van der Waals surface area contributed by atoms with E-state index in [1.165, 1.54) is 12.3 Å². The average molecular weight is 354 g/mol. The van der Waals surface area contributed by atoms with E-state index in [1.54, 1.807) is 6.07 Å². The number of carbonyl (C=O) groups excluding carboxylic acids is 1. The van der Waals surface area contributed by atoms with Gasteiger partial charge >= 0.3 is 13.3 Å². The van der Waals surface area contributed by atoms with Crippen LogP contribution in [-0.2, 0) is 13.2 Å². The third-order valence-electron chi connectivity index (χ3n) is 3.85. The molecule has 11 heteroatoms. The van der Waals surface area contributed by atoms with Crippen LogP contribution in [0.4, 0.5) is 18.9 Å². The lowest BCUT2D eigenvalue weighted by atomic mass is 9.82. The Bertz CT molecular complexity index is 818. The van der Waals surface area contributed by atoms with E-state index in [9.17, 15) is 18.0 Å². The number of alkyl halides is 3. The van der Waals surface area contributed by atoms with Gasteiger partial charge in [0.25, 0.3) is 5.91 Å².